The quantitative estimate of drug-likeness (QED) is 0.283. The van der Waals surface area contributed by atoms with Gasteiger partial charge in [-0.2, -0.15) is 0 Å². The summed E-state index contributed by atoms with van der Waals surface area (Å²) in [6.45, 7) is 6.43. The molecule has 2 nitrogen and oxygen atoms in total. The number of unbranched alkanes of at least 4 members (excludes halogenated alkanes) is 2. The summed E-state index contributed by atoms with van der Waals surface area (Å²) in [5, 5.41) is 4.67. The van der Waals surface area contributed by atoms with Gasteiger partial charge in [-0.15, -0.1) is 0 Å². The monoisotopic (exact) mass is 430 g/mol. The summed E-state index contributed by atoms with van der Waals surface area (Å²) in [7, 11) is 0. The molecule has 0 fully saturated rings. The molecular formula is C28H34N2S. The molecule has 0 aliphatic carbocycles. The van der Waals surface area contributed by atoms with Crippen LogP contribution >= 0.6 is 12.2 Å². The van der Waals surface area contributed by atoms with E-state index in [0.29, 0.717) is 0 Å². The zero-order valence-electron chi connectivity index (χ0n) is 18.8. The fraction of sp³-hybridized carbons (Fsp3) is 0.321. The van der Waals surface area contributed by atoms with Crippen molar-refractivity contribution in [3.05, 3.63) is 108 Å². The van der Waals surface area contributed by atoms with Crippen molar-refractivity contribution < 1.29 is 0 Å². The number of hydrogen-bond donors (Lipinski definition) is 1. The van der Waals surface area contributed by atoms with Crippen molar-refractivity contribution in [3.63, 3.8) is 0 Å². The highest BCUT2D eigenvalue weighted by atomic mass is 32.1. The Morgan fingerprint density at radius 2 is 1.03 bits per heavy atom. The van der Waals surface area contributed by atoms with Crippen molar-refractivity contribution >= 4 is 17.3 Å². The first-order chi connectivity index (χ1) is 15.2. The highest BCUT2D eigenvalue weighted by molar-refractivity contribution is 7.80. The van der Waals surface area contributed by atoms with Gasteiger partial charge in [0, 0.05) is 13.1 Å². The van der Waals surface area contributed by atoms with Gasteiger partial charge in [0.05, 0.1) is 0 Å². The Balaban J connectivity index is 2.12. The smallest absolute Gasteiger partial charge is 0.170 e. The van der Waals surface area contributed by atoms with Crippen LogP contribution in [0.1, 0.15) is 56.2 Å². The van der Waals surface area contributed by atoms with Gasteiger partial charge in [0.25, 0.3) is 0 Å². The van der Waals surface area contributed by atoms with Gasteiger partial charge in [-0.25, -0.2) is 0 Å². The molecule has 3 aromatic rings. The minimum atomic E-state index is -0.558. The van der Waals surface area contributed by atoms with Crippen molar-refractivity contribution in [2.45, 2.75) is 45.1 Å². The third kappa shape index (κ3) is 5.54. The molecule has 0 aliphatic heterocycles. The molecule has 0 amide bonds. The Bertz CT molecular complexity index is 805. The lowest BCUT2D eigenvalue weighted by molar-refractivity contribution is 0.380. The molecule has 0 atom stereocenters. The topological polar surface area (TPSA) is 15.3 Å². The molecule has 0 bridgehead atoms. The standard InChI is InChI=1S/C28H34N2S/c1-3-5-22-30(23-6-4-2)27(31)29-28(24-16-10-7-11-17-24,25-18-12-8-13-19-25)26-20-14-9-15-21-26/h7-21H,3-6,22-23H2,1-2H3,(H,29,31). The summed E-state index contributed by atoms with van der Waals surface area (Å²) in [4.78, 5) is 2.35. The van der Waals surface area contributed by atoms with E-state index in [9.17, 15) is 0 Å². The van der Waals surface area contributed by atoms with E-state index in [1.807, 2.05) is 0 Å². The number of benzene rings is 3. The molecular weight excluding hydrogens is 396 g/mol. The minimum Gasteiger partial charge on any atom is -0.349 e. The molecule has 0 saturated carbocycles. The highest BCUT2D eigenvalue weighted by Gasteiger charge is 2.37. The number of nitrogens with one attached hydrogen (secondary N) is 1. The Morgan fingerprint density at radius 1 is 0.677 bits per heavy atom. The molecule has 0 spiro atoms. The molecule has 0 aromatic heterocycles. The van der Waals surface area contributed by atoms with Crippen LogP contribution in [-0.4, -0.2) is 23.1 Å². The van der Waals surface area contributed by atoms with Crippen LogP contribution in [0.3, 0.4) is 0 Å². The molecule has 3 aromatic carbocycles. The maximum atomic E-state index is 6.07. The fourth-order valence-electron chi connectivity index (χ4n) is 4.03. The molecule has 0 unspecified atom stereocenters. The van der Waals surface area contributed by atoms with Crippen molar-refractivity contribution in [1.82, 2.24) is 10.2 Å². The first-order valence-electron chi connectivity index (χ1n) is 11.5. The van der Waals surface area contributed by atoms with Crippen LogP contribution in [0.2, 0.25) is 0 Å². The second kappa shape index (κ2) is 11.7. The lowest BCUT2D eigenvalue weighted by atomic mass is 9.77. The van der Waals surface area contributed by atoms with Crippen molar-refractivity contribution in [3.8, 4) is 0 Å². The van der Waals surface area contributed by atoms with Crippen LogP contribution < -0.4 is 5.32 Å². The second-order valence-electron chi connectivity index (χ2n) is 7.97. The van der Waals surface area contributed by atoms with E-state index in [1.54, 1.807) is 0 Å². The molecule has 1 N–H and O–H groups in total. The number of rotatable bonds is 10. The SMILES string of the molecule is CCCCN(CCCC)C(=S)NC(c1ccccc1)(c1ccccc1)c1ccccc1. The summed E-state index contributed by atoms with van der Waals surface area (Å²) < 4.78 is 0. The van der Waals surface area contributed by atoms with E-state index in [0.717, 1.165) is 43.9 Å². The molecule has 0 saturated heterocycles. The van der Waals surface area contributed by atoms with Crippen LogP contribution in [0.15, 0.2) is 91.0 Å². The van der Waals surface area contributed by atoms with Crippen molar-refractivity contribution in [1.29, 1.82) is 0 Å². The van der Waals surface area contributed by atoms with Crippen LogP contribution in [-0.2, 0) is 5.54 Å². The lowest BCUT2D eigenvalue weighted by Gasteiger charge is -2.40. The predicted octanol–water partition coefficient (Wildman–Crippen LogP) is 6.76. The number of thiocarbonyl (C=S) groups is 1. The normalized spacial score (nSPS) is 11.2. The van der Waals surface area contributed by atoms with Gasteiger partial charge in [0.2, 0.25) is 0 Å². The average Bonchev–Trinajstić information content (AvgIpc) is 2.84. The summed E-state index contributed by atoms with van der Waals surface area (Å²) >= 11 is 6.07. The summed E-state index contributed by atoms with van der Waals surface area (Å²) in [6.07, 6.45) is 4.60. The van der Waals surface area contributed by atoms with E-state index in [4.69, 9.17) is 12.2 Å². The zero-order chi connectivity index (χ0) is 21.9. The number of hydrogen-bond acceptors (Lipinski definition) is 1. The molecule has 3 heteroatoms. The first kappa shape index (κ1) is 23.0. The second-order valence-corrected chi connectivity index (χ2v) is 8.36. The largest absolute Gasteiger partial charge is 0.349 e. The summed E-state index contributed by atoms with van der Waals surface area (Å²) in [6, 6.07) is 32.0. The van der Waals surface area contributed by atoms with E-state index in [2.05, 4.69) is 115 Å². The Morgan fingerprint density at radius 3 is 1.35 bits per heavy atom. The predicted molar refractivity (Wildman–Crippen MR) is 136 cm³/mol. The van der Waals surface area contributed by atoms with Crippen LogP contribution in [0.25, 0.3) is 0 Å². The van der Waals surface area contributed by atoms with E-state index in [1.165, 1.54) is 16.7 Å². The Labute approximate surface area is 193 Å². The van der Waals surface area contributed by atoms with Crippen LogP contribution in [0.5, 0.6) is 0 Å². The van der Waals surface area contributed by atoms with Crippen molar-refractivity contribution in [2.24, 2.45) is 0 Å². The Hall–Kier alpha value is -2.65. The van der Waals surface area contributed by atoms with Gasteiger partial charge >= 0.3 is 0 Å². The van der Waals surface area contributed by atoms with Gasteiger partial charge in [0.1, 0.15) is 5.54 Å². The summed E-state index contributed by atoms with van der Waals surface area (Å²) in [5.74, 6) is 0. The maximum absolute atomic E-state index is 6.07. The van der Waals surface area contributed by atoms with Crippen molar-refractivity contribution in [2.75, 3.05) is 13.1 Å². The van der Waals surface area contributed by atoms with Crippen LogP contribution in [0.4, 0.5) is 0 Å². The van der Waals surface area contributed by atoms with Gasteiger partial charge in [-0.1, -0.05) is 118 Å². The maximum Gasteiger partial charge on any atom is 0.170 e. The molecule has 162 valence electrons. The first-order valence-corrected chi connectivity index (χ1v) is 11.9. The summed E-state index contributed by atoms with van der Waals surface area (Å²) in [5.41, 5.74) is 2.99. The molecule has 3 rings (SSSR count). The minimum absolute atomic E-state index is 0.558. The third-order valence-corrected chi connectivity index (χ3v) is 6.13. The Kier molecular flexibility index (Phi) is 8.66. The van der Waals surface area contributed by atoms with Gasteiger partial charge < -0.3 is 10.2 Å². The van der Waals surface area contributed by atoms with E-state index in [-0.39, 0.29) is 0 Å². The van der Waals surface area contributed by atoms with Gasteiger partial charge in [0.15, 0.2) is 5.11 Å². The zero-order valence-corrected chi connectivity index (χ0v) is 19.6. The molecule has 0 radical (unpaired) electrons. The lowest BCUT2D eigenvalue weighted by Crippen LogP contribution is -2.53. The van der Waals surface area contributed by atoms with Gasteiger partial charge in [-0.05, 0) is 41.7 Å². The highest BCUT2D eigenvalue weighted by Crippen LogP contribution is 2.37. The third-order valence-electron chi connectivity index (χ3n) is 5.77. The van der Waals surface area contributed by atoms with Gasteiger partial charge in [-0.3, -0.25) is 0 Å². The van der Waals surface area contributed by atoms with E-state index >= 15 is 0 Å². The number of nitrogens with zero attached hydrogens (tertiary/aromatic N) is 1. The van der Waals surface area contributed by atoms with Crippen LogP contribution in [0, 0.1) is 0 Å². The molecule has 0 aliphatic rings. The average molecular weight is 431 g/mol. The van der Waals surface area contributed by atoms with E-state index < -0.39 is 5.54 Å². The fourth-order valence-corrected chi connectivity index (χ4v) is 4.37. The molecule has 31 heavy (non-hydrogen) atoms. The molecule has 0 heterocycles.